The summed E-state index contributed by atoms with van der Waals surface area (Å²) in [7, 11) is 0. The second-order valence-corrected chi connectivity index (χ2v) is 3.82. The molecule has 78 valence electrons. The van der Waals surface area contributed by atoms with E-state index < -0.39 is 0 Å². The third-order valence-corrected chi connectivity index (χ3v) is 2.52. The maximum atomic E-state index is 11.4. The first kappa shape index (κ1) is 10.1. The van der Waals surface area contributed by atoms with E-state index in [1.54, 1.807) is 12.1 Å². The zero-order chi connectivity index (χ0) is 11.0. The number of halogens is 1. The number of rotatable bonds is 1. The Morgan fingerprint density at radius 3 is 2.67 bits per heavy atom. The number of hydrogen-bond acceptors (Lipinski definition) is 3. The Kier molecular flexibility index (Phi) is 2.44. The SMILES string of the molecule is Cc1ccc(N2CC(=O)CC2=O)c(Cl)n1. The van der Waals surface area contributed by atoms with Gasteiger partial charge < -0.3 is 4.90 Å². The highest BCUT2D eigenvalue weighted by atomic mass is 35.5. The Balaban J connectivity index is 2.38. The summed E-state index contributed by atoms with van der Waals surface area (Å²) >= 11 is 5.91. The number of carbonyl (C=O) groups is 2. The normalized spacial score (nSPS) is 16.3. The molecular formula is C10H9ClN2O2. The highest BCUT2D eigenvalue weighted by Gasteiger charge is 2.30. The van der Waals surface area contributed by atoms with Gasteiger partial charge in [0.05, 0.1) is 18.7 Å². The van der Waals surface area contributed by atoms with Crippen molar-refractivity contribution < 1.29 is 9.59 Å². The number of ketones is 1. The van der Waals surface area contributed by atoms with E-state index >= 15 is 0 Å². The summed E-state index contributed by atoms with van der Waals surface area (Å²) in [5.41, 5.74) is 1.29. The molecule has 1 aliphatic heterocycles. The molecule has 0 aromatic carbocycles. The molecule has 2 rings (SSSR count). The van der Waals surface area contributed by atoms with Gasteiger partial charge in [0.1, 0.15) is 0 Å². The average Bonchev–Trinajstić information content (AvgIpc) is 2.45. The molecule has 2 heterocycles. The first-order valence-electron chi connectivity index (χ1n) is 4.53. The van der Waals surface area contributed by atoms with Crippen LogP contribution in [0.2, 0.25) is 5.15 Å². The average molecular weight is 225 g/mol. The van der Waals surface area contributed by atoms with Crippen LogP contribution in [0, 0.1) is 6.92 Å². The summed E-state index contributed by atoms with van der Waals surface area (Å²) in [6.07, 6.45) is -0.0375. The second kappa shape index (κ2) is 3.62. The van der Waals surface area contributed by atoms with Crippen molar-refractivity contribution in [3.8, 4) is 0 Å². The second-order valence-electron chi connectivity index (χ2n) is 3.46. The lowest BCUT2D eigenvalue weighted by Gasteiger charge is -2.15. The van der Waals surface area contributed by atoms with Crippen molar-refractivity contribution in [1.82, 2.24) is 4.98 Å². The van der Waals surface area contributed by atoms with E-state index in [2.05, 4.69) is 4.98 Å². The molecule has 1 fully saturated rings. The molecule has 0 aliphatic carbocycles. The number of carbonyl (C=O) groups excluding carboxylic acids is 2. The molecule has 0 radical (unpaired) electrons. The molecular weight excluding hydrogens is 216 g/mol. The number of nitrogens with zero attached hydrogens (tertiary/aromatic N) is 2. The lowest BCUT2D eigenvalue weighted by molar-refractivity contribution is -0.121. The monoisotopic (exact) mass is 224 g/mol. The number of anilines is 1. The van der Waals surface area contributed by atoms with Crippen LogP contribution in [-0.4, -0.2) is 23.2 Å². The van der Waals surface area contributed by atoms with E-state index in [0.29, 0.717) is 5.69 Å². The van der Waals surface area contributed by atoms with Gasteiger partial charge in [0.25, 0.3) is 0 Å². The van der Waals surface area contributed by atoms with Crippen molar-refractivity contribution in [2.45, 2.75) is 13.3 Å². The zero-order valence-corrected chi connectivity index (χ0v) is 8.91. The van der Waals surface area contributed by atoms with Gasteiger partial charge in [-0.05, 0) is 19.1 Å². The molecule has 1 aromatic heterocycles. The Morgan fingerprint density at radius 2 is 2.13 bits per heavy atom. The number of aromatic nitrogens is 1. The maximum absolute atomic E-state index is 11.4. The molecule has 1 amide bonds. The first-order chi connectivity index (χ1) is 7.08. The van der Waals surface area contributed by atoms with Crippen LogP contribution in [0.5, 0.6) is 0 Å². The fourth-order valence-electron chi connectivity index (χ4n) is 1.52. The van der Waals surface area contributed by atoms with Gasteiger partial charge in [0, 0.05) is 5.69 Å². The predicted molar refractivity (Wildman–Crippen MR) is 56.0 cm³/mol. The van der Waals surface area contributed by atoms with Crippen molar-refractivity contribution in [1.29, 1.82) is 0 Å². The van der Waals surface area contributed by atoms with Crippen LogP contribution < -0.4 is 4.90 Å². The Bertz CT molecular complexity index is 445. The fourth-order valence-corrected chi connectivity index (χ4v) is 1.82. The molecule has 0 bridgehead atoms. The summed E-state index contributed by atoms with van der Waals surface area (Å²) < 4.78 is 0. The largest absolute Gasteiger partial charge is 0.302 e. The topological polar surface area (TPSA) is 50.3 Å². The van der Waals surface area contributed by atoms with E-state index in [-0.39, 0.29) is 29.8 Å². The Labute approximate surface area is 91.9 Å². The van der Waals surface area contributed by atoms with Gasteiger partial charge in [-0.25, -0.2) is 4.98 Å². The highest BCUT2D eigenvalue weighted by Crippen LogP contribution is 2.26. The van der Waals surface area contributed by atoms with Gasteiger partial charge in [-0.2, -0.15) is 0 Å². The van der Waals surface area contributed by atoms with Gasteiger partial charge in [0.2, 0.25) is 5.91 Å². The van der Waals surface area contributed by atoms with Crippen LogP contribution in [0.3, 0.4) is 0 Å². The Hall–Kier alpha value is -1.42. The first-order valence-corrected chi connectivity index (χ1v) is 4.91. The minimum Gasteiger partial charge on any atom is -0.302 e. The van der Waals surface area contributed by atoms with E-state index in [9.17, 15) is 9.59 Å². The van der Waals surface area contributed by atoms with Crippen molar-refractivity contribution >= 4 is 29.0 Å². The smallest absolute Gasteiger partial charge is 0.235 e. The summed E-state index contributed by atoms with van der Waals surface area (Å²) in [4.78, 5) is 27.9. The molecule has 4 nitrogen and oxygen atoms in total. The van der Waals surface area contributed by atoms with E-state index in [1.807, 2.05) is 6.92 Å². The standard InChI is InChI=1S/C10H9ClN2O2/c1-6-2-3-8(10(11)12-6)13-5-7(14)4-9(13)15/h2-3H,4-5H2,1H3. The van der Waals surface area contributed by atoms with E-state index in [1.165, 1.54) is 4.90 Å². The van der Waals surface area contributed by atoms with Crippen LogP contribution >= 0.6 is 11.6 Å². The minimum absolute atomic E-state index is 0.0375. The van der Waals surface area contributed by atoms with Crippen molar-refractivity contribution in [2.24, 2.45) is 0 Å². The third-order valence-electron chi connectivity index (χ3n) is 2.24. The quantitative estimate of drug-likeness (QED) is 0.535. The number of amides is 1. The fraction of sp³-hybridized carbons (Fsp3) is 0.300. The number of pyridine rings is 1. The minimum atomic E-state index is -0.215. The van der Waals surface area contributed by atoms with E-state index in [4.69, 9.17) is 11.6 Å². The van der Waals surface area contributed by atoms with Crippen LogP contribution in [0.25, 0.3) is 0 Å². The molecule has 0 N–H and O–H groups in total. The van der Waals surface area contributed by atoms with Gasteiger partial charge in [-0.3, -0.25) is 9.59 Å². The van der Waals surface area contributed by atoms with Gasteiger partial charge >= 0.3 is 0 Å². The summed E-state index contributed by atoms with van der Waals surface area (Å²) in [6, 6.07) is 3.47. The molecule has 0 atom stereocenters. The van der Waals surface area contributed by atoms with Crippen LogP contribution in [-0.2, 0) is 9.59 Å². The number of hydrogen-bond donors (Lipinski definition) is 0. The van der Waals surface area contributed by atoms with Crippen LogP contribution in [0.1, 0.15) is 12.1 Å². The lowest BCUT2D eigenvalue weighted by Crippen LogP contribution is -2.25. The summed E-state index contributed by atoms with van der Waals surface area (Å²) in [5.74, 6) is -0.302. The molecule has 1 aromatic rings. The van der Waals surface area contributed by atoms with Gasteiger partial charge in [0.15, 0.2) is 10.9 Å². The van der Waals surface area contributed by atoms with Gasteiger partial charge in [-0.15, -0.1) is 0 Å². The van der Waals surface area contributed by atoms with Crippen molar-refractivity contribution in [2.75, 3.05) is 11.4 Å². The van der Waals surface area contributed by atoms with E-state index in [0.717, 1.165) is 5.69 Å². The van der Waals surface area contributed by atoms with Crippen LogP contribution in [0.4, 0.5) is 5.69 Å². The Morgan fingerprint density at radius 1 is 1.40 bits per heavy atom. The van der Waals surface area contributed by atoms with Crippen LogP contribution in [0.15, 0.2) is 12.1 Å². The molecule has 0 spiro atoms. The summed E-state index contributed by atoms with van der Waals surface area (Å²) in [6.45, 7) is 1.91. The molecule has 1 aliphatic rings. The molecule has 0 unspecified atom stereocenters. The summed E-state index contributed by atoms with van der Waals surface area (Å²) in [5, 5.41) is 0.262. The zero-order valence-electron chi connectivity index (χ0n) is 8.16. The van der Waals surface area contributed by atoms with Gasteiger partial charge in [-0.1, -0.05) is 11.6 Å². The third kappa shape index (κ3) is 1.85. The predicted octanol–water partition coefficient (Wildman–Crippen LogP) is 1.35. The van der Waals surface area contributed by atoms with Crippen molar-refractivity contribution in [3.63, 3.8) is 0 Å². The molecule has 1 saturated heterocycles. The molecule has 15 heavy (non-hydrogen) atoms. The number of Topliss-reactive ketones (excluding diaryl/α,β-unsaturated/α-hetero) is 1. The highest BCUT2D eigenvalue weighted by molar-refractivity contribution is 6.33. The lowest BCUT2D eigenvalue weighted by atomic mass is 10.3. The van der Waals surface area contributed by atoms with Crippen molar-refractivity contribution in [3.05, 3.63) is 23.0 Å². The molecule has 0 saturated carbocycles. The number of aryl methyl sites for hydroxylation is 1. The molecule has 5 heteroatoms. The maximum Gasteiger partial charge on any atom is 0.235 e.